The number of phenols is 1. The molecule has 0 spiro atoms. The van der Waals surface area contributed by atoms with Crippen molar-refractivity contribution >= 4 is 27.4 Å². The highest BCUT2D eigenvalue weighted by Gasteiger charge is 2.49. The van der Waals surface area contributed by atoms with Crippen molar-refractivity contribution in [2.45, 2.75) is 62.8 Å². The van der Waals surface area contributed by atoms with E-state index in [9.17, 15) is 13.9 Å². The average Bonchev–Trinajstić information content (AvgIpc) is 3.66. The van der Waals surface area contributed by atoms with Crippen LogP contribution in [0.5, 0.6) is 11.6 Å². The van der Waals surface area contributed by atoms with E-state index in [-0.39, 0.29) is 34.6 Å². The Morgan fingerprint density at radius 1 is 1.16 bits per heavy atom. The number of piperazine rings is 1. The van der Waals surface area contributed by atoms with E-state index in [1.165, 1.54) is 24.3 Å². The number of aromatic nitrogens is 2. The molecule has 8 rings (SSSR count). The molecule has 2 unspecified atom stereocenters. The standard InChI is InChI=1S/C35H34F3N5O2/c1-3-25-28(37)8-5-20-11-24(44)12-26(30(20)25)32-31(38)29-19(2)34(45-18-35-9-4-10-43(35)15-21(36)13-35)41-33(27(29)14-39-32)42-16-22-6-7-23(17-42)40-22/h1,5,8,11-12,14,21-23,40,44H,4,6-7,9-10,13,15-18H2,2H3/t21-,22?,23?,35+/m1/s1. The SMILES string of the molecule is C#Cc1c(F)ccc2cc(O)cc(-c3ncc4c(N5CC6CCC(C5)N6)nc(OC[C@@]56CCCN5C[C@H](F)C6)c(C)c4c3F)c12. The van der Waals surface area contributed by atoms with Crippen LogP contribution in [-0.2, 0) is 0 Å². The lowest BCUT2D eigenvalue weighted by Gasteiger charge is -2.35. The summed E-state index contributed by atoms with van der Waals surface area (Å²) in [5.74, 6) is 1.91. The number of rotatable bonds is 5. The number of ether oxygens (including phenoxy) is 1. The number of fused-ring (bicyclic) bond motifs is 5. The Bertz CT molecular complexity index is 1900. The first-order valence-electron chi connectivity index (χ1n) is 15.7. The molecule has 4 aromatic rings. The topological polar surface area (TPSA) is 73.8 Å². The Hall–Kier alpha value is -4.07. The highest BCUT2D eigenvalue weighted by molar-refractivity contribution is 6.04. The van der Waals surface area contributed by atoms with Gasteiger partial charge in [0.05, 0.1) is 11.1 Å². The van der Waals surface area contributed by atoms with Crippen molar-refractivity contribution in [1.82, 2.24) is 20.2 Å². The van der Waals surface area contributed by atoms with Crippen LogP contribution in [0.1, 0.15) is 43.2 Å². The lowest BCUT2D eigenvalue weighted by atomic mass is 9.94. The number of nitrogens with zero attached hydrogens (tertiary/aromatic N) is 4. The van der Waals surface area contributed by atoms with Crippen LogP contribution in [0, 0.1) is 30.9 Å². The first kappa shape index (κ1) is 28.4. The Labute approximate surface area is 259 Å². The van der Waals surface area contributed by atoms with Gasteiger partial charge in [0.2, 0.25) is 5.88 Å². The molecule has 10 heteroatoms. The normalized spacial score (nSPS) is 26.1. The van der Waals surface area contributed by atoms with Crippen molar-refractivity contribution in [3.63, 3.8) is 0 Å². The number of hydrogen-bond acceptors (Lipinski definition) is 7. The molecule has 0 saturated carbocycles. The van der Waals surface area contributed by atoms with E-state index in [1.54, 1.807) is 13.1 Å². The van der Waals surface area contributed by atoms with Crippen LogP contribution in [0.25, 0.3) is 32.8 Å². The van der Waals surface area contributed by atoms with Gasteiger partial charge in [-0.05, 0) is 62.7 Å². The van der Waals surface area contributed by atoms with Crippen LogP contribution in [-0.4, -0.2) is 76.6 Å². The highest BCUT2D eigenvalue weighted by atomic mass is 19.1. The molecule has 0 radical (unpaired) electrons. The molecule has 0 amide bonds. The fourth-order valence-electron chi connectivity index (χ4n) is 8.31. The van der Waals surface area contributed by atoms with Crippen molar-refractivity contribution in [2.75, 3.05) is 37.7 Å². The summed E-state index contributed by atoms with van der Waals surface area (Å²) in [4.78, 5) is 13.9. The molecule has 2 bridgehead atoms. The molecular weight excluding hydrogens is 579 g/mol. The number of aromatic hydroxyl groups is 1. The third kappa shape index (κ3) is 4.50. The summed E-state index contributed by atoms with van der Waals surface area (Å²) in [6, 6.07) is 6.19. The number of phenolic OH excluding ortho intramolecular Hbond substituents is 1. The predicted molar refractivity (Wildman–Crippen MR) is 167 cm³/mol. The van der Waals surface area contributed by atoms with Gasteiger partial charge in [0.25, 0.3) is 0 Å². The Kier molecular flexibility index (Phi) is 6.63. The first-order valence-corrected chi connectivity index (χ1v) is 15.7. The smallest absolute Gasteiger partial charge is 0.219 e. The van der Waals surface area contributed by atoms with Gasteiger partial charge in [0.15, 0.2) is 5.82 Å². The number of nitrogens with one attached hydrogen (secondary N) is 1. The number of benzene rings is 2. The largest absolute Gasteiger partial charge is 0.508 e. The van der Waals surface area contributed by atoms with Gasteiger partial charge in [0.1, 0.15) is 35.9 Å². The summed E-state index contributed by atoms with van der Waals surface area (Å²) in [6.07, 6.45) is 10.8. The summed E-state index contributed by atoms with van der Waals surface area (Å²) >= 11 is 0. The van der Waals surface area contributed by atoms with Gasteiger partial charge in [-0.25, -0.2) is 13.2 Å². The van der Waals surface area contributed by atoms with Crippen LogP contribution in [0.2, 0.25) is 0 Å². The lowest BCUT2D eigenvalue weighted by Crippen LogP contribution is -2.51. The van der Waals surface area contributed by atoms with Gasteiger partial charge in [-0.3, -0.25) is 9.88 Å². The minimum atomic E-state index is -0.896. The molecule has 2 aromatic carbocycles. The minimum absolute atomic E-state index is 0.0284. The summed E-state index contributed by atoms with van der Waals surface area (Å²) in [6.45, 7) is 4.71. The van der Waals surface area contributed by atoms with E-state index in [0.717, 1.165) is 32.2 Å². The van der Waals surface area contributed by atoms with Crippen LogP contribution >= 0.6 is 0 Å². The molecule has 45 heavy (non-hydrogen) atoms. The van der Waals surface area contributed by atoms with E-state index in [1.807, 2.05) is 0 Å². The molecule has 2 N–H and O–H groups in total. The molecule has 232 valence electrons. The van der Waals surface area contributed by atoms with Crippen molar-refractivity contribution in [3.05, 3.63) is 53.2 Å². The third-order valence-corrected chi connectivity index (χ3v) is 10.4. The maximum absolute atomic E-state index is 17.0. The lowest BCUT2D eigenvalue weighted by molar-refractivity contribution is 0.110. The number of anilines is 1. The number of halogens is 3. The molecule has 4 atom stereocenters. The summed E-state index contributed by atoms with van der Waals surface area (Å²) in [5, 5.41) is 15.8. The van der Waals surface area contributed by atoms with E-state index in [2.05, 4.69) is 26.0 Å². The van der Waals surface area contributed by atoms with Crippen molar-refractivity contribution in [3.8, 4) is 35.2 Å². The maximum atomic E-state index is 17.0. The second kappa shape index (κ2) is 10.5. The average molecular weight is 614 g/mol. The van der Waals surface area contributed by atoms with Gasteiger partial charge < -0.3 is 20.1 Å². The van der Waals surface area contributed by atoms with Gasteiger partial charge in [-0.1, -0.05) is 12.0 Å². The number of pyridine rings is 2. The van der Waals surface area contributed by atoms with Crippen LogP contribution in [0.3, 0.4) is 0 Å². The molecule has 0 aliphatic carbocycles. The van der Waals surface area contributed by atoms with Crippen molar-refractivity contribution in [2.24, 2.45) is 0 Å². The summed E-state index contributed by atoms with van der Waals surface area (Å²) in [7, 11) is 0. The molecule has 4 aliphatic heterocycles. The van der Waals surface area contributed by atoms with E-state index < -0.39 is 23.3 Å². The van der Waals surface area contributed by atoms with E-state index in [4.69, 9.17) is 16.1 Å². The minimum Gasteiger partial charge on any atom is -0.508 e. The fourth-order valence-corrected chi connectivity index (χ4v) is 8.31. The Morgan fingerprint density at radius 3 is 2.73 bits per heavy atom. The third-order valence-electron chi connectivity index (χ3n) is 10.4. The summed E-state index contributed by atoms with van der Waals surface area (Å²) in [5.41, 5.74) is 0.205. The number of terminal acetylenes is 1. The van der Waals surface area contributed by atoms with Gasteiger partial charge in [-0.2, -0.15) is 4.98 Å². The molecule has 6 heterocycles. The van der Waals surface area contributed by atoms with Gasteiger partial charge in [-0.15, -0.1) is 6.42 Å². The highest BCUT2D eigenvalue weighted by Crippen LogP contribution is 2.44. The Balaban J connectivity index is 1.31. The van der Waals surface area contributed by atoms with Crippen LogP contribution in [0.4, 0.5) is 19.0 Å². The van der Waals surface area contributed by atoms with Crippen LogP contribution < -0.4 is 15.0 Å². The quantitative estimate of drug-likeness (QED) is 0.283. The van der Waals surface area contributed by atoms with Crippen molar-refractivity contribution < 1.29 is 23.0 Å². The molecule has 4 fully saturated rings. The zero-order valence-electron chi connectivity index (χ0n) is 25.0. The van der Waals surface area contributed by atoms with Gasteiger partial charge >= 0.3 is 0 Å². The molecule has 4 saturated heterocycles. The number of alkyl halides is 1. The fraction of sp³-hybridized carbons (Fsp3) is 0.429. The van der Waals surface area contributed by atoms with Gasteiger partial charge in [0, 0.05) is 71.6 Å². The Morgan fingerprint density at radius 2 is 1.96 bits per heavy atom. The number of aryl methyl sites for hydroxylation is 1. The van der Waals surface area contributed by atoms with E-state index in [0.29, 0.717) is 71.6 Å². The molecular formula is C35H34F3N5O2. The summed E-state index contributed by atoms with van der Waals surface area (Å²) < 4.78 is 52.9. The molecule has 7 nitrogen and oxygen atoms in total. The second-order valence-corrected chi connectivity index (χ2v) is 13.1. The van der Waals surface area contributed by atoms with E-state index >= 15 is 4.39 Å². The monoisotopic (exact) mass is 613 g/mol. The maximum Gasteiger partial charge on any atom is 0.219 e. The predicted octanol–water partition coefficient (Wildman–Crippen LogP) is 5.62. The number of hydrogen-bond donors (Lipinski definition) is 2. The van der Waals surface area contributed by atoms with Crippen LogP contribution in [0.15, 0.2) is 30.5 Å². The molecule has 2 aromatic heterocycles. The van der Waals surface area contributed by atoms with Crippen molar-refractivity contribution in [1.29, 1.82) is 0 Å². The zero-order valence-corrected chi connectivity index (χ0v) is 25.0. The first-order chi connectivity index (χ1) is 21.7. The second-order valence-electron chi connectivity index (χ2n) is 13.1. The molecule has 4 aliphatic rings. The zero-order chi connectivity index (χ0) is 31.0.